The summed E-state index contributed by atoms with van der Waals surface area (Å²) in [5, 5.41) is 8.38. The van der Waals surface area contributed by atoms with Crippen LogP contribution in [-0.4, -0.2) is 79.1 Å². The minimum Gasteiger partial charge on any atom is -0.361 e. The van der Waals surface area contributed by atoms with Gasteiger partial charge in [0.15, 0.2) is 5.96 Å². The molecule has 2 saturated heterocycles. The first-order valence-corrected chi connectivity index (χ1v) is 12.2. The van der Waals surface area contributed by atoms with E-state index in [2.05, 4.69) is 69.9 Å². The van der Waals surface area contributed by atoms with Gasteiger partial charge in [0.2, 0.25) is 0 Å². The first kappa shape index (κ1) is 25.3. The second-order valence-electron chi connectivity index (χ2n) is 9.31. The summed E-state index contributed by atoms with van der Waals surface area (Å²) in [7, 11) is 2.25. The summed E-state index contributed by atoms with van der Waals surface area (Å²) < 4.78 is 0. The molecule has 6 nitrogen and oxygen atoms in total. The summed E-state index contributed by atoms with van der Waals surface area (Å²) in [6.07, 6.45) is 9.63. The van der Waals surface area contributed by atoms with Crippen LogP contribution in [0.5, 0.6) is 0 Å². The molecule has 0 spiro atoms. The van der Waals surface area contributed by atoms with E-state index >= 15 is 0 Å². The van der Waals surface area contributed by atoms with Crippen molar-refractivity contribution < 1.29 is 0 Å². The van der Waals surface area contributed by atoms with Gasteiger partial charge in [0.05, 0.1) is 6.54 Å². The number of piperidine rings is 2. The lowest BCUT2D eigenvalue weighted by atomic mass is 9.84. The van der Waals surface area contributed by atoms with E-state index in [4.69, 9.17) is 4.99 Å². The van der Waals surface area contributed by atoms with Gasteiger partial charge in [-0.2, -0.15) is 0 Å². The molecule has 0 amide bonds. The molecule has 32 heavy (non-hydrogen) atoms. The molecule has 0 radical (unpaired) electrons. The van der Waals surface area contributed by atoms with E-state index in [0.717, 1.165) is 32.0 Å². The standard InChI is InChI=1S/C25H40N6.HI/c1-3-26-24(27-14-11-21-19-28-23-10-6-5-9-22(21)23)29-20-25(12-17-30(2)18-13-25)31-15-7-4-8-16-31;/h5-6,9-10,19,28H,3-4,7-8,11-18,20H2,1-2H3,(H2,26,27,29);1H. The summed E-state index contributed by atoms with van der Waals surface area (Å²) in [6.45, 7) is 9.64. The van der Waals surface area contributed by atoms with Crippen molar-refractivity contribution in [3.63, 3.8) is 0 Å². The Morgan fingerprint density at radius 2 is 1.81 bits per heavy atom. The van der Waals surface area contributed by atoms with E-state index in [1.807, 2.05) is 0 Å². The molecule has 0 aliphatic carbocycles. The zero-order valence-electron chi connectivity index (χ0n) is 19.8. The topological polar surface area (TPSA) is 58.7 Å². The number of nitrogens with zero attached hydrogens (tertiary/aromatic N) is 3. The number of aromatic nitrogens is 1. The number of para-hydroxylation sites is 1. The van der Waals surface area contributed by atoms with Gasteiger partial charge in [-0.15, -0.1) is 24.0 Å². The minimum absolute atomic E-state index is 0. The number of aromatic amines is 1. The van der Waals surface area contributed by atoms with Crippen molar-refractivity contribution in [1.29, 1.82) is 0 Å². The number of H-pyrrole nitrogens is 1. The summed E-state index contributed by atoms with van der Waals surface area (Å²) >= 11 is 0. The van der Waals surface area contributed by atoms with Crippen molar-refractivity contribution >= 4 is 40.8 Å². The van der Waals surface area contributed by atoms with Crippen LogP contribution in [0.3, 0.4) is 0 Å². The lowest BCUT2D eigenvalue weighted by Gasteiger charge is -2.49. The fraction of sp³-hybridized carbons (Fsp3) is 0.640. The number of guanidine groups is 1. The number of halogens is 1. The number of rotatable bonds is 7. The number of fused-ring (bicyclic) bond motifs is 1. The molecule has 7 heteroatoms. The number of likely N-dealkylation sites (tertiary alicyclic amines) is 2. The van der Waals surface area contributed by atoms with Crippen molar-refractivity contribution in [1.82, 2.24) is 25.4 Å². The smallest absolute Gasteiger partial charge is 0.191 e. The van der Waals surface area contributed by atoms with Crippen molar-refractivity contribution in [3.8, 4) is 0 Å². The van der Waals surface area contributed by atoms with Gasteiger partial charge in [-0.1, -0.05) is 24.6 Å². The van der Waals surface area contributed by atoms with E-state index in [9.17, 15) is 0 Å². The molecule has 0 bridgehead atoms. The van der Waals surface area contributed by atoms with Crippen molar-refractivity contribution in [3.05, 3.63) is 36.0 Å². The molecular weight excluding hydrogens is 511 g/mol. The third-order valence-electron chi connectivity index (χ3n) is 7.18. The summed E-state index contributed by atoms with van der Waals surface area (Å²) in [5.41, 5.74) is 2.80. The van der Waals surface area contributed by atoms with Gasteiger partial charge in [-0.25, -0.2) is 0 Å². The highest BCUT2D eigenvalue weighted by Gasteiger charge is 2.39. The third kappa shape index (κ3) is 6.17. The summed E-state index contributed by atoms with van der Waals surface area (Å²) in [4.78, 5) is 13.7. The summed E-state index contributed by atoms with van der Waals surface area (Å²) in [6, 6.07) is 8.53. The largest absolute Gasteiger partial charge is 0.361 e. The molecule has 1 aromatic heterocycles. The molecule has 2 aliphatic heterocycles. The average molecular weight is 553 g/mol. The second kappa shape index (κ2) is 12.2. The first-order chi connectivity index (χ1) is 15.2. The molecule has 2 fully saturated rings. The van der Waals surface area contributed by atoms with Gasteiger partial charge in [-0.3, -0.25) is 9.89 Å². The van der Waals surface area contributed by atoms with E-state index in [1.54, 1.807) is 0 Å². The van der Waals surface area contributed by atoms with Crippen LogP contribution >= 0.6 is 24.0 Å². The van der Waals surface area contributed by atoms with Gasteiger partial charge in [0, 0.05) is 35.7 Å². The molecule has 3 N–H and O–H groups in total. The van der Waals surface area contributed by atoms with Crippen LogP contribution in [0.4, 0.5) is 0 Å². The number of benzene rings is 1. The van der Waals surface area contributed by atoms with Crippen LogP contribution in [0.2, 0.25) is 0 Å². The quantitative estimate of drug-likeness (QED) is 0.278. The lowest BCUT2D eigenvalue weighted by molar-refractivity contribution is 0.0208. The van der Waals surface area contributed by atoms with E-state index in [-0.39, 0.29) is 29.5 Å². The monoisotopic (exact) mass is 552 g/mol. The minimum atomic E-state index is 0. The predicted molar refractivity (Wildman–Crippen MR) is 146 cm³/mol. The molecule has 2 aliphatic rings. The van der Waals surface area contributed by atoms with Gasteiger partial charge in [-0.05, 0) is 83.9 Å². The predicted octanol–water partition coefficient (Wildman–Crippen LogP) is 3.83. The fourth-order valence-electron chi connectivity index (χ4n) is 5.20. The molecule has 178 valence electrons. The zero-order valence-corrected chi connectivity index (χ0v) is 22.2. The van der Waals surface area contributed by atoms with Crippen molar-refractivity contribution in [2.24, 2.45) is 4.99 Å². The SMILES string of the molecule is CCNC(=NCC1(N2CCCCC2)CCN(C)CC1)NCCc1c[nH]c2ccccc12.I. The Hall–Kier alpha value is -1.32. The van der Waals surface area contributed by atoms with Crippen LogP contribution in [0.15, 0.2) is 35.5 Å². The van der Waals surface area contributed by atoms with Gasteiger partial charge < -0.3 is 20.5 Å². The number of nitrogens with one attached hydrogen (secondary N) is 3. The number of hydrogen-bond acceptors (Lipinski definition) is 3. The molecule has 1 aromatic carbocycles. The average Bonchev–Trinajstić information content (AvgIpc) is 3.22. The Kier molecular flexibility index (Phi) is 9.67. The molecular formula is C25H41IN6. The van der Waals surface area contributed by atoms with E-state index in [1.165, 1.54) is 74.7 Å². The highest BCUT2D eigenvalue weighted by molar-refractivity contribution is 14.0. The van der Waals surface area contributed by atoms with Crippen LogP contribution in [-0.2, 0) is 6.42 Å². The molecule has 0 atom stereocenters. The Bertz CT molecular complexity index is 849. The van der Waals surface area contributed by atoms with Crippen LogP contribution in [0.25, 0.3) is 10.9 Å². The Labute approximate surface area is 210 Å². The first-order valence-electron chi connectivity index (χ1n) is 12.2. The maximum atomic E-state index is 5.12. The molecule has 0 unspecified atom stereocenters. The van der Waals surface area contributed by atoms with E-state index in [0.29, 0.717) is 0 Å². The fourth-order valence-corrected chi connectivity index (χ4v) is 5.20. The molecule has 3 heterocycles. The van der Waals surface area contributed by atoms with Gasteiger partial charge in [0.25, 0.3) is 0 Å². The molecule has 4 rings (SSSR count). The van der Waals surface area contributed by atoms with Crippen molar-refractivity contribution in [2.45, 2.75) is 51.0 Å². The third-order valence-corrected chi connectivity index (χ3v) is 7.18. The van der Waals surface area contributed by atoms with E-state index < -0.39 is 0 Å². The zero-order chi connectivity index (χ0) is 21.5. The van der Waals surface area contributed by atoms with Gasteiger partial charge >= 0.3 is 0 Å². The Balaban J connectivity index is 0.00000289. The number of hydrogen-bond donors (Lipinski definition) is 3. The van der Waals surface area contributed by atoms with Crippen molar-refractivity contribution in [2.75, 3.05) is 52.9 Å². The van der Waals surface area contributed by atoms with Gasteiger partial charge in [0.1, 0.15) is 0 Å². The Morgan fingerprint density at radius 1 is 1.06 bits per heavy atom. The molecule has 0 saturated carbocycles. The maximum Gasteiger partial charge on any atom is 0.191 e. The van der Waals surface area contributed by atoms with Crippen LogP contribution in [0, 0.1) is 0 Å². The highest BCUT2D eigenvalue weighted by Crippen LogP contribution is 2.31. The van der Waals surface area contributed by atoms with Crippen LogP contribution in [0.1, 0.15) is 44.6 Å². The molecule has 2 aromatic rings. The van der Waals surface area contributed by atoms with Crippen LogP contribution < -0.4 is 10.6 Å². The normalized spacial score (nSPS) is 20.1. The number of aliphatic imine (C=N–C) groups is 1. The Morgan fingerprint density at radius 3 is 2.56 bits per heavy atom. The second-order valence-corrected chi connectivity index (χ2v) is 9.31. The highest BCUT2D eigenvalue weighted by atomic mass is 127. The summed E-state index contributed by atoms with van der Waals surface area (Å²) in [5.74, 6) is 0.956. The lowest BCUT2D eigenvalue weighted by Crippen LogP contribution is -2.58. The maximum absolute atomic E-state index is 5.12.